The third-order valence-corrected chi connectivity index (χ3v) is 4.68. The highest BCUT2D eigenvalue weighted by Gasteiger charge is 2.50. The summed E-state index contributed by atoms with van der Waals surface area (Å²) < 4.78 is 40.4. The minimum Gasteiger partial charge on any atom is -0.444 e. The molecule has 0 saturated carbocycles. The number of halogens is 2. The molecule has 0 unspecified atom stereocenters. The maximum Gasteiger partial charge on any atom is 0.586 e. The summed E-state index contributed by atoms with van der Waals surface area (Å²) in [5.41, 5.74) is -0.697. The molecule has 2 aliphatic heterocycles. The van der Waals surface area contributed by atoms with Gasteiger partial charge in [0.25, 0.3) is 0 Å². The summed E-state index contributed by atoms with van der Waals surface area (Å²) in [7, 11) is 0. The van der Waals surface area contributed by atoms with E-state index in [4.69, 9.17) is 4.74 Å². The first-order valence-corrected chi connectivity index (χ1v) is 8.59. The number of benzene rings is 1. The van der Waals surface area contributed by atoms with Crippen LogP contribution in [-0.2, 0) is 4.74 Å². The summed E-state index contributed by atoms with van der Waals surface area (Å²) in [6.45, 7) is 11.3. The third-order valence-electron chi connectivity index (χ3n) is 4.68. The highest BCUT2D eigenvalue weighted by atomic mass is 19.3. The van der Waals surface area contributed by atoms with Gasteiger partial charge < -0.3 is 24.2 Å². The van der Waals surface area contributed by atoms with Crippen molar-refractivity contribution < 1.29 is 32.9 Å². The lowest BCUT2D eigenvalue weighted by atomic mass is 9.76. The lowest BCUT2D eigenvalue weighted by Gasteiger charge is -2.50. The van der Waals surface area contributed by atoms with E-state index in [-0.39, 0.29) is 24.6 Å². The molecule has 0 aliphatic carbocycles. The van der Waals surface area contributed by atoms with E-state index >= 15 is 0 Å². The topological polar surface area (TPSA) is 68.2 Å². The molecule has 1 saturated heterocycles. The van der Waals surface area contributed by atoms with Gasteiger partial charge in [-0.3, -0.25) is 0 Å². The molecule has 1 amide bonds. The Morgan fingerprint density at radius 3 is 2.48 bits per heavy atom. The van der Waals surface area contributed by atoms with Crippen LogP contribution in [0.15, 0.2) is 24.8 Å². The number of carbonyl (C=O) groups is 1. The number of hydrogen-bond donors (Lipinski definition) is 1. The SMILES string of the molecule is C=C(c1ccc2c(c1)OC(F)(F)O2)[C@@H](C)C1(O)CN(C(=O)OC(C)(C)C)C1. The van der Waals surface area contributed by atoms with Gasteiger partial charge in [-0.15, -0.1) is 8.78 Å². The minimum atomic E-state index is -3.69. The smallest absolute Gasteiger partial charge is 0.444 e. The Kier molecular flexibility index (Phi) is 4.38. The number of alkyl halides is 2. The summed E-state index contributed by atoms with van der Waals surface area (Å²) >= 11 is 0. The largest absolute Gasteiger partial charge is 0.586 e. The average Bonchev–Trinajstić information content (AvgIpc) is 2.81. The number of β-amino-alcohol motifs (C(OH)–C–C–N with tert-alkyl or cyclic N) is 1. The monoisotopic (exact) mass is 383 g/mol. The summed E-state index contributed by atoms with van der Waals surface area (Å²) in [5.74, 6) is -0.554. The maximum absolute atomic E-state index is 13.2. The number of carbonyl (C=O) groups excluding carboxylic acids is 1. The van der Waals surface area contributed by atoms with Gasteiger partial charge in [0.15, 0.2) is 11.5 Å². The molecule has 1 aromatic carbocycles. The van der Waals surface area contributed by atoms with Gasteiger partial charge in [0, 0.05) is 5.92 Å². The van der Waals surface area contributed by atoms with E-state index in [1.54, 1.807) is 33.8 Å². The average molecular weight is 383 g/mol. The van der Waals surface area contributed by atoms with E-state index in [0.29, 0.717) is 11.1 Å². The van der Waals surface area contributed by atoms with Crippen molar-refractivity contribution in [3.8, 4) is 11.5 Å². The van der Waals surface area contributed by atoms with Crippen LogP contribution in [0.1, 0.15) is 33.3 Å². The second-order valence-electron chi connectivity index (χ2n) is 8.02. The number of nitrogens with zero attached hydrogens (tertiary/aromatic N) is 1. The van der Waals surface area contributed by atoms with Crippen molar-refractivity contribution in [1.82, 2.24) is 4.90 Å². The van der Waals surface area contributed by atoms with Gasteiger partial charge in [0.05, 0.1) is 13.1 Å². The van der Waals surface area contributed by atoms with Gasteiger partial charge >= 0.3 is 12.4 Å². The van der Waals surface area contributed by atoms with Gasteiger partial charge in [-0.2, -0.15) is 0 Å². The Hall–Kier alpha value is -2.35. The first-order chi connectivity index (χ1) is 12.3. The molecule has 27 heavy (non-hydrogen) atoms. The van der Waals surface area contributed by atoms with Crippen molar-refractivity contribution in [3.63, 3.8) is 0 Å². The predicted molar refractivity (Wildman–Crippen MR) is 93.6 cm³/mol. The molecule has 6 nitrogen and oxygen atoms in total. The molecular formula is C19H23F2NO5. The fourth-order valence-corrected chi connectivity index (χ4v) is 3.07. The molecule has 3 rings (SSSR count). The number of fused-ring (bicyclic) bond motifs is 1. The van der Waals surface area contributed by atoms with E-state index in [2.05, 4.69) is 16.1 Å². The number of rotatable bonds is 3. The van der Waals surface area contributed by atoms with Gasteiger partial charge in [0.1, 0.15) is 11.2 Å². The Labute approximate surface area is 156 Å². The molecule has 1 aromatic rings. The molecule has 0 aromatic heterocycles. The van der Waals surface area contributed by atoms with Crippen LogP contribution >= 0.6 is 0 Å². The lowest BCUT2D eigenvalue weighted by molar-refractivity contribution is -0.286. The fourth-order valence-electron chi connectivity index (χ4n) is 3.07. The number of hydrogen-bond acceptors (Lipinski definition) is 5. The van der Waals surface area contributed by atoms with Crippen molar-refractivity contribution in [2.75, 3.05) is 13.1 Å². The van der Waals surface area contributed by atoms with E-state index in [9.17, 15) is 18.7 Å². The van der Waals surface area contributed by atoms with Gasteiger partial charge in [-0.25, -0.2) is 4.79 Å². The van der Waals surface area contributed by atoms with Gasteiger partial charge in [-0.05, 0) is 44.0 Å². The molecule has 8 heteroatoms. The second kappa shape index (κ2) is 6.09. The maximum atomic E-state index is 13.2. The Bertz CT molecular complexity index is 781. The van der Waals surface area contributed by atoms with Crippen LogP contribution < -0.4 is 9.47 Å². The molecule has 1 N–H and O–H groups in total. The molecule has 1 fully saturated rings. The number of ether oxygens (including phenoxy) is 3. The summed E-state index contributed by atoms with van der Waals surface area (Å²) in [5, 5.41) is 10.8. The minimum absolute atomic E-state index is 0.0531. The normalized spacial score (nSPS) is 20.6. The van der Waals surface area contributed by atoms with Crippen LogP contribution in [0, 0.1) is 5.92 Å². The summed E-state index contributed by atoms with van der Waals surface area (Å²) in [4.78, 5) is 13.5. The molecule has 2 aliphatic rings. The zero-order valence-electron chi connectivity index (χ0n) is 15.7. The lowest BCUT2D eigenvalue weighted by Crippen LogP contribution is -2.66. The Balaban J connectivity index is 1.66. The highest BCUT2D eigenvalue weighted by molar-refractivity contribution is 5.72. The van der Waals surface area contributed by atoms with E-state index in [0.717, 1.165) is 0 Å². The quantitative estimate of drug-likeness (QED) is 0.863. The number of amides is 1. The van der Waals surface area contributed by atoms with Gasteiger partial charge in [-0.1, -0.05) is 19.6 Å². The summed E-state index contributed by atoms with van der Waals surface area (Å²) in [6.07, 6.45) is -4.18. The van der Waals surface area contributed by atoms with Crippen LogP contribution in [0.3, 0.4) is 0 Å². The molecule has 0 radical (unpaired) electrons. The van der Waals surface area contributed by atoms with Crippen molar-refractivity contribution >= 4 is 11.7 Å². The molecule has 2 heterocycles. The predicted octanol–water partition coefficient (Wildman–Crippen LogP) is 3.64. The second-order valence-corrected chi connectivity index (χ2v) is 8.02. The number of aliphatic hydroxyl groups is 1. The third kappa shape index (κ3) is 3.85. The van der Waals surface area contributed by atoms with E-state index < -0.39 is 29.5 Å². The number of likely N-dealkylation sites (tertiary alicyclic amines) is 1. The van der Waals surface area contributed by atoms with Crippen LogP contribution in [0.5, 0.6) is 11.5 Å². The first kappa shape index (κ1) is 19.4. The van der Waals surface area contributed by atoms with Gasteiger partial charge in [0.2, 0.25) is 0 Å². The van der Waals surface area contributed by atoms with Crippen molar-refractivity contribution in [2.24, 2.45) is 5.92 Å². The van der Waals surface area contributed by atoms with Crippen LogP contribution in [0.4, 0.5) is 13.6 Å². The molecular weight excluding hydrogens is 360 g/mol. The zero-order chi connectivity index (χ0) is 20.2. The fraction of sp³-hybridized carbons (Fsp3) is 0.526. The van der Waals surface area contributed by atoms with Crippen LogP contribution in [0.25, 0.3) is 5.57 Å². The molecule has 0 bridgehead atoms. The van der Waals surface area contributed by atoms with E-state index in [1.165, 1.54) is 17.0 Å². The first-order valence-electron chi connectivity index (χ1n) is 8.59. The van der Waals surface area contributed by atoms with Crippen molar-refractivity contribution in [3.05, 3.63) is 30.3 Å². The summed E-state index contributed by atoms with van der Waals surface area (Å²) in [6, 6.07) is 4.36. The molecule has 148 valence electrons. The highest BCUT2D eigenvalue weighted by Crippen LogP contribution is 2.44. The standard InChI is InChI=1S/C19H23F2NO5/c1-11(13-6-7-14-15(8-13)26-19(20,21)25-14)12(2)18(24)9-22(10-18)16(23)27-17(3,4)5/h6-8,12,24H,1,9-10H2,2-5H3/t12-/m1/s1. The molecule has 0 spiro atoms. The van der Waals surface area contributed by atoms with Crippen molar-refractivity contribution in [1.29, 1.82) is 0 Å². The molecule has 1 atom stereocenters. The van der Waals surface area contributed by atoms with Crippen LogP contribution in [-0.4, -0.2) is 46.7 Å². The van der Waals surface area contributed by atoms with E-state index in [1.807, 2.05) is 0 Å². The Morgan fingerprint density at radius 1 is 1.30 bits per heavy atom. The zero-order valence-corrected chi connectivity index (χ0v) is 15.7. The van der Waals surface area contributed by atoms with Crippen molar-refractivity contribution in [2.45, 2.75) is 45.2 Å². The van der Waals surface area contributed by atoms with Crippen LogP contribution in [0.2, 0.25) is 0 Å². The Morgan fingerprint density at radius 2 is 1.89 bits per heavy atom.